The molecule has 0 atom stereocenters. The monoisotopic (exact) mass is 289 g/mol. The second-order valence-electron chi connectivity index (χ2n) is 3.78. The largest absolute Gasteiger partial charge is 0.490 e. The van der Waals surface area contributed by atoms with Crippen molar-refractivity contribution in [2.75, 3.05) is 36.6 Å². The summed E-state index contributed by atoms with van der Waals surface area (Å²) >= 11 is 0. The van der Waals surface area contributed by atoms with Gasteiger partial charge in [0.05, 0.1) is 12.9 Å². The fourth-order valence-corrected chi connectivity index (χ4v) is 2.01. The molecule has 19 heavy (non-hydrogen) atoms. The average molecular weight is 289 g/mol. The Morgan fingerprint density at radius 1 is 1.32 bits per heavy atom. The molecular weight excluding hydrogens is 270 g/mol. The summed E-state index contributed by atoms with van der Waals surface area (Å²) < 4.78 is 26.8. The van der Waals surface area contributed by atoms with Crippen molar-refractivity contribution < 1.29 is 13.2 Å². The highest BCUT2D eigenvalue weighted by atomic mass is 32.2. The van der Waals surface area contributed by atoms with Crippen molar-refractivity contribution >= 4 is 21.7 Å². The van der Waals surface area contributed by atoms with Gasteiger partial charge in [-0.15, -0.1) is 0 Å². The van der Waals surface area contributed by atoms with E-state index in [1.54, 1.807) is 0 Å². The van der Waals surface area contributed by atoms with Crippen molar-refractivity contribution in [3.05, 3.63) is 6.33 Å². The topological polar surface area (TPSA) is 119 Å². The third-order valence-electron chi connectivity index (χ3n) is 2.25. The number of sulfonamides is 1. The second kappa shape index (κ2) is 7.10. The first-order chi connectivity index (χ1) is 8.98. The minimum absolute atomic E-state index is 0.0759. The predicted octanol–water partition coefficient (Wildman–Crippen LogP) is 0.00750. The molecule has 0 unspecified atom stereocenters. The van der Waals surface area contributed by atoms with Crippen molar-refractivity contribution in [3.8, 4) is 5.75 Å². The number of ether oxygens (including phenoxy) is 1. The third-order valence-corrected chi connectivity index (χ3v) is 3.11. The molecule has 0 aliphatic rings. The summed E-state index contributed by atoms with van der Waals surface area (Å²) in [4.78, 5) is 8.12. The van der Waals surface area contributed by atoms with Gasteiger partial charge in [0.15, 0.2) is 11.6 Å². The van der Waals surface area contributed by atoms with Crippen LogP contribution in [0.1, 0.15) is 13.3 Å². The van der Waals surface area contributed by atoms with Gasteiger partial charge >= 0.3 is 0 Å². The van der Waals surface area contributed by atoms with Crippen LogP contribution in [0, 0.1) is 0 Å². The van der Waals surface area contributed by atoms with Gasteiger partial charge < -0.3 is 15.4 Å². The number of methoxy groups -OCH3 is 1. The van der Waals surface area contributed by atoms with E-state index in [0.29, 0.717) is 36.9 Å². The Labute approximate surface area is 112 Å². The molecule has 0 radical (unpaired) electrons. The molecule has 1 rings (SSSR count). The molecule has 0 aliphatic heterocycles. The summed E-state index contributed by atoms with van der Waals surface area (Å²) in [6, 6.07) is 0. The number of rotatable bonds is 8. The first-order valence-electron chi connectivity index (χ1n) is 5.85. The molecule has 0 aromatic carbocycles. The van der Waals surface area contributed by atoms with E-state index in [1.165, 1.54) is 13.4 Å². The van der Waals surface area contributed by atoms with Crippen LogP contribution in [0.25, 0.3) is 0 Å². The molecule has 1 aromatic heterocycles. The highest BCUT2D eigenvalue weighted by Crippen LogP contribution is 2.28. The predicted molar refractivity (Wildman–Crippen MR) is 73.8 cm³/mol. The summed E-state index contributed by atoms with van der Waals surface area (Å²) in [5.41, 5.74) is 0. The molecule has 0 bridgehead atoms. The van der Waals surface area contributed by atoms with Gasteiger partial charge in [0.2, 0.25) is 15.8 Å². The van der Waals surface area contributed by atoms with Crippen LogP contribution in [0.15, 0.2) is 6.33 Å². The van der Waals surface area contributed by atoms with Gasteiger partial charge in [-0.3, -0.25) is 0 Å². The SMILES string of the molecule is CCNc1ncnc(NCCCS(N)(=O)=O)c1OC. The first-order valence-corrected chi connectivity index (χ1v) is 7.56. The number of nitrogens with two attached hydrogens (primary N) is 1. The number of hydrogen-bond donors (Lipinski definition) is 3. The van der Waals surface area contributed by atoms with Gasteiger partial charge in [0.25, 0.3) is 0 Å². The maximum absolute atomic E-state index is 10.8. The maximum atomic E-state index is 10.8. The summed E-state index contributed by atoms with van der Waals surface area (Å²) in [6.45, 7) is 3.08. The summed E-state index contributed by atoms with van der Waals surface area (Å²) in [5, 5.41) is 11.0. The van der Waals surface area contributed by atoms with Crippen molar-refractivity contribution in [3.63, 3.8) is 0 Å². The summed E-state index contributed by atoms with van der Waals surface area (Å²) in [6.07, 6.45) is 1.80. The van der Waals surface area contributed by atoms with Crippen molar-refractivity contribution in [1.82, 2.24) is 9.97 Å². The molecule has 8 nitrogen and oxygen atoms in total. The molecule has 1 heterocycles. The normalized spacial score (nSPS) is 11.1. The van der Waals surface area contributed by atoms with E-state index in [2.05, 4.69) is 20.6 Å². The van der Waals surface area contributed by atoms with E-state index in [-0.39, 0.29) is 5.75 Å². The third kappa shape index (κ3) is 5.26. The minimum Gasteiger partial charge on any atom is -0.490 e. The van der Waals surface area contributed by atoms with E-state index in [1.807, 2.05) is 6.92 Å². The van der Waals surface area contributed by atoms with Crippen LogP contribution in [-0.2, 0) is 10.0 Å². The fraction of sp³-hybridized carbons (Fsp3) is 0.600. The molecular formula is C10H19N5O3S. The van der Waals surface area contributed by atoms with Gasteiger partial charge in [-0.25, -0.2) is 23.5 Å². The van der Waals surface area contributed by atoms with Crippen LogP contribution in [0.2, 0.25) is 0 Å². The molecule has 0 saturated carbocycles. The average Bonchev–Trinajstić information content (AvgIpc) is 2.34. The highest BCUT2D eigenvalue weighted by molar-refractivity contribution is 7.89. The zero-order chi connectivity index (χ0) is 14.3. The molecule has 108 valence electrons. The van der Waals surface area contributed by atoms with Crippen molar-refractivity contribution in [2.45, 2.75) is 13.3 Å². The minimum atomic E-state index is -3.43. The Morgan fingerprint density at radius 2 is 1.95 bits per heavy atom. The van der Waals surface area contributed by atoms with Crippen molar-refractivity contribution in [2.24, 2.45) is 5.14 Å². The van der Waals surface area contributed by atoms with E-state index in [0.717, 1.165) is 0 Å². The number of anilines is 2. The Balaban J connectivity index is 2.65. The van der Waals surface area contributed by atoms with E-state index >= 15 is 0 Å². The number of hydrogen-bond acceptors (Lipinski definition) is 7. The van der Waals surface area contributed by atoms with E-state index in [9.17, 15) is 8.42 Å². The van der Waals surface area contributed by atoms with Crippen LogP contribution >= 0.6 is 0 Å². The van der Waals surface area contributed by atoms with Crippen LogP contribution in [-0.4, -0.2) is 44.3 Å². The Hall–Kier alpha value is -1.61. The van der Waals surface area contributed by atoms with E-state index in [4.69, 9.17) is 9.88 Å². The highest BCUT2D eigenvalue weighted by Gasteiger charge is 2.11. The summed E-state index contributed by atoms with van der Waals surface area (Å²) in [7, 11) is -1.90. The Bertz CT molecular complexity index is 506. The molecule has 0 fully saturated rings. The zero-order valence-corrected chi connectivity index (χ0v) is 11.8. The number of aromatic nitrogens is 2. The van der Waals surface area contributed by atoms with Gasteiger partial charge in [-0.2, -0.15) is 0 Å². The lowest BCUT2D eigenvalue weighted by Crippen LogP contribution is -2.19. The van der Waals surface area contributed by atoms with Gasteiger partial charge in [0.1, 0.15) is 6.33 Å². The summed E-state index contributed by atoms with van der Waals surface area (Å²) in [5.74, 6) is 1.53. The smallest absolute Gasteiger partial charge is 0.209 e. The van der Waals surface area contributed by atoms with Gasteiger partial charge in [-0.05, 0) is 13.3 Å². The van der Waals surface area contributed by atoms with Crippen LogP contribution in [0.4, 0.5) is 11.6 Å². The molecule has 4 N–H and O–H groups in total. The number of primary sulfonamides is 1. The van der Waals surface area contributed by atoms with E-state index < -0.39 is 10.0 Å². The lowest BCUT2D eigenvalue weighted by molar-refractivity contribution is 0.414. The fourth-order valence-electron chi connectivity index (χ4n) is 1.47. The lowest BCUT2D eigenvalue weighted by Gasteiger charge is -2.13. The zero-order valence-electron chi connectivity index (χ0n) is 11.0. The molecule has 1 aromatic rings. The standard InChI is InChI=1S/C10H19N5O3S/c1-3-12-9-8(18-2)10(15-7-14-9)13-5-4-6-19(11,16)17/h7H,3-6H2,1-2H3,(H2,11,16,17)(H2,12,13,14,15). The Morgan fingerprint density at radius 3 is 2.47 bits per heavy atom. The van der Waals surface area contributed by atoms with Crippen LogP contribution in [0.3, 0.4) is 0 Å². The molecule has 0 aliphatic carbocycles. The van der Waals surface area contributed by atoms with Crippen LogP contribution < -0.4 is 20.5 Å². The van der Waals surface area contributed by atoms with Crippen LogP contribution in [0.5, 0.6) is 5.75 Å². The molecule has 0 saturated heterocycles. The van der Waals surface area contributed by atoms with Gasteiger partial charge in [-0.1, -0.05) is 0 Å². The van der Waals surface area contributed by atoms with Crippen molar-refractivity contribution in [1.29, 1.82) is 0 Å². The first kappa shape index (κ1) is 15.4. The molecule has 0 spiro atoms. The quantitative estimate of drug-likeness (QED) is 0.576. The van der Waals surface area contributed by atoms with Gasteiger partial charge in [0, 0.05) is 13.1 Å². The second-order valence-corrected chi connectivity index (χ2v) is 5.52. The molecule has 0 amide bonds. The maximum Gasteiger partial charge on any atom is 0.209 e. The molecule has 9 heteroatoms. The number of nitrogens with one attached hydrogen (secondary N) is 2. The Kier molecular flexibility index (Phi) is 5.77. The lowest BCUT2D eigenvalue weighted by atomic mass is 10.4. The number of nitrogens with zero attached hydrogens (tertiary/aromatic N) is 2.